The standard InChI is InChI=1S/C20H22N2O4/c21-19(24)14-6-4-5-13(11-14)17-12-16(9-10-18(17)23)26-20(25)22-15-7-2-1-3-8-15/h4-6,9-12,15,23H,1-3,7-8H2,(H2,21,24)(H,22,25). The van der Waals surface area contributed by atoms with E-state index >= 15 is 0 Å². The van der Waals surface area contributed by atoms with Crippen LogP contribution in [-0.2, 0) is 0 Å². The van der Waals surface area contributed by atoms with Gasteiger partial charge >= 0.3 is 6.09 Å². The summed E-state index contributed by atoms with van der Waals surface area (Å²) >= 11 is 0. The zero-order valence-corrected chi connectivity index (χ0v) is 14.4. The quantitative estimate of drug-likeness (QED) is 0.781. The molecule has 0 atom stereocenters. The predicted octanol–water partition coefficient (Wildman–Crippen LogP) is 3.58. The van der Waals surface area contributed by atoms with Crippen molar-refractivity contribution in [3.8, 4) is 22.6 Å². The Hall–Kier alpha value is -3.02. The van der Waals surface area contributed by atoms with E-state index in [9.17, 15) is 14.7 Å². The van der Waals surface area contributed by atoms with Crippen LogP contribution in [0.5, 0.6) is 11.5 Å². The number of rotatable bonds is 4. The summed E-state index contributed by atoms with van der Waals surface area (Å²) in [4.78, 5) is 23.5. The Morgan fingerprint density at radius 3 is 2.58 bits per heavy atom. The van der Waals surface area contributed by atoms with E-state index in [1.54, 1.807) is 30.3 Å². The van der Waals surface area contributed by atoms with Crippen LogP contribution < -0.4 is 15.8 Å². The first kappa shape index (κ1) is 17.8. The monoisotopic (exact) mass is 354 g/mol. The van der Waals surface area contributed by atoms with Gasteiger partial charge in [-0.2, -0.15) is 0 Å². The number of amides is 2. The van der Waals surface area contributed by atoms with E-state index in [0.29, 0.717) is 22.4 Å². The lowest BCUT2D eigenvalue weighted by Gasteiger charge is -2.22. The van der Waals surface area contributed by atoms with Crippen molar-refractivity contribution >= 4 is 12.0 Å². The fourth-order valence-electron chi connectivity index (χ4n) is 3.20. The van der Waals surface area contributed by atoms with E-state index in [2.05, 4.69) is 5.32 Å². The lowest BCUT2D eigenvalue weighted by atomic mass is 9.96. The molecule has 0 radical (unpaired) electrons. The van der Waals surface area contributed by atoms with Crippen LogP contribution in [0.4, 0.5) is 4.79 Å². The van der Waals surface area contributed by atoms with Gasteiger partial charge in [-0.25, -0.2) is 4.79 Å². The predicted molar refractivity (Wildman–Crippen MR) is 98.1 cm³/mol. The summed E-state index contributed by atoms with van der Waals surface area (Å²) in [5.74, 6) is -0.215. The molecule has 0 heterocycles. The number of aromatic hydroxyl groups is 1. The zero-order chi connectivity index (χ0) is 18.5. The summed E-state index contributed by atoms with van der Waals surface area (Å²) in [5.41, 5.74) is 6.70. The number of phenols is 1. The van der Waals surface area contributed by atoms with Crippen molar-refractivity contribution in [2.75, 3.05) is 0 Å². The minimum absolute atomic E-state index is 0.0201. The third kappa shape index (κ3) is 4.33. The molecule has 6 nitrogen and oxygen atoms in total. The van der Waals surface area contributed by atoms with Gasteiger partial charge in [-0.05, 0) is 48.7 Å². The Morgan fingerprint density at radius 2 is 1.85 bits per heavy atom. The molecule has 4 N–H and O–H groups in total. The molecule has 0 aromatic heterocycles. The molecule has 1 saturated carbocycles. The average molecular weight is 354 g/mol. The molecule has 26 heavy (non-hydrogen) atoms. The average Bonchev–Trinajstić information content (AvgIpc) is 2.64. The maximum absolute atomic E-state index is 12.1. The highest BCUT2D eigenvalue weighted by Gasteiger charge is 2.17. The molecule has 0 saturated heterocycles. The SMILES string of the molecule is NC(=O)c1cccc(-c2cc(OC(=O)NC3CCCCC3)ccc2O)c1. The van der Waals surface area contributed by atoms with Gasteiger partial charge in [0.25, 0.3) is 0 Å². The number of phenolic OH excluding ortho intramolecular Hbond substituents is 1. The Balaban J connectivity index is 1.76. The number of carbonyl (C=O) groups is 2. The molecule has 1 aliphatic carbocycles. The molecule has 1 aliphatic rings. The molecule has 1 fully saturated rings. The van der Waals surface area contributed by atoms with Crippen molar-refractivity contribution in [3.05, 3.63) is 48.0 Å². The van der Waals surface area contributed by atoms with Crippen LogP contribution in [0.25, 0.3) is 11.1 Å². The molecule has 3 rings (SSSR count). The van der Waals surface area contributed by atoms with Gasteiger partial charge in [0, 0.05) is 17.2 Å². The second kappa shape index (κ2) is 7.91. The van der Waals surface area contributed by atoms with Crippen molar-refractivity contribution < 1.29 is 19.4 Å². The van der Waals surface area contributed by atoms with Crippen molar-refractivity contribution in [3.63, 3.8) is 0 Å². The lowest BCUT2D eigenvalue weighted by Crippen LogP contribution is -2.37. The lowest BCUT2D eigenvalue weighted by molar-refractivity contribution is 0.1000. The molecule has 2 aromatic carbocycles. The summed E-state index contributed by atoms with van der Waals surface area (Å²) in [6.45, 7) is 0. The number of nitrogens with two attached hydrogens (primary N) is 1. The van der Waals surface area contributed by atoms with Crippen LogP contribution in [0.1, 0.15) is 42.5 Å². The Kier molecular flexibility index (Phi) is 5.41. The molecular weight excluding hydrogens is 332 g/mol. The van der Waals surface area contributed by atoms with E-state index in [0.717, 1.165) is 25.7 Å². The van der Waals surface area contributed by atoms with Gasteiger partial charge in [-0.1, -0.05) is 31.4 Å². The fraction of sp³-hybridized carbons (Fsp3) is 0.300. The minimum atomic E-state index is -0.550. The third-order valence-corrected chi connectivity index (χ3v) is 4.56. The first-order chi connectivity index (χ1) is 12.5. The Bertz CT molecular complexity index is 813. The van der Waals surface area contributed by atoms with E-state index in [4.69, 9.17) is 10.5 Å². The largest absolute Gasteiger partial charge is 0.507 e. The minimum Gasteiger partial charge on any atom is -0.507 e. The smallest absolute Gasteiger partial charge is 0.412 e. The molecule has 0 aliphatic heterocycles. The molecule has 2 aromatic rings. The Labute approximate surface area is 152 Å². The molecule has 0 spiro atoms. The number of benzene rings is 2. The molecular formula is C20H22N2O4. The second-order valence-corrected chi connectivity index (χ2v) is 6.49. The highest BCUT2D eigenvalue weighted by atomic mass is 16.6. The molecule has 0 bridgehead atoms. The van der Waals surface area contributed by atoms with Gasteiger partial charge in [-0.15, -0.1) is 0 Å². The number of hydrogen-bond donors (Lipinski definition) is 3. The first-order valence-corrected chi connectivity index (χ1v) is 8.74. The maximum Gasteiger partial charge on any atom is 0.412 e. The van der Waals surface area contributed by atoms with Gasteiger partial charge in [0.15, 0.2) is 0 Å². The first-order valence-electron chi connectivity index (χ1n) is 8.74. The maximum atomic E-state index is 12.1. The third-order valence-electron chi connectivity index (χ3n) is 4.56. The van der Waals surface area contributed by atoms with Gasteiger partial charge in [0.05, 0.1) is 0 Å². The summed E-state index contributed by atoms with van der Waals surface area (Å²) in [6, 6.07) is 11.3. The molecule has 6 heteroatoms. The highest BCUT2D eigenvalue weighted by Crippen LogP contribution is 2.33. The topological polar surface area (TPSA) is 102 Å². The number of nitrogens with one attached hydrogen (secondary N) is 1. The molecule has 0 unspecified atom stereocenters. The molecule has 136 valence electrons. The van der Waals surface area contributed by atoms with Gasteiger partial charge < -0.3 is 20.9 Å². The van der Waals surface area contributed by atoms with Crippen molar-refractivity contribution in [1.82, 2.24) is 5.32 Å². The van der Waals surface area contributed by atoms with Gasteiger partial charge in [-0.3, -0.25) is 4.79 Å². The van der Waals surface area contributed by atoms with Crippen LogP contribution >= 0.6 is 0 Å². The molecule has 2 amide bonds. The number of primary amides is 1. The van der Waals surface area contributed by atoms with E-state index in [1.807, 2.05) is 0 Å². The highest BCUT2D eigenvalue weighted by molar-refractivity contribution is 5.94. The second-order valence-electron chi connectivity index (χ2n) is 6.49. The van der Waals surface area contributed by atoms with Crippen molar-refractivity contribution in [2.45, 2.75) is 38.1 Å². The number of carbonyl (C=O) groups excluding carboxylic acids is 2. The van der Waals surface area contributed by atoms with Crippen LogP contribution in [0.15, 0.2) is 42.5 Å². The van der Waals surface area contributed by atoms with E-state index < -0.39 is 12.0 Å². The van der Waals surface area contributed by atoms with Crippen molar-refractivity contribution in [2.24, 2.45) is 5.73 Å². The Morgan fingerprint density at radius 1 is 1.08 bits per heavy atom. The van der Waals surface area contributed by atoms with E-state index in [1.165, 1.54) is 18.6 Å². The number of ether oxygens (including phenoxy) is 1. The van der Waals surface area contributed by atoms with Crippen LogP contribution in [0, 0.1) is 0 Å². The normalized spacial score (nSPS) is 14.6. The summed E-state index contributed by atoms with van der Waals surface area (Å²) < 4.78 is 5.36. The van der Waals surface area contributed by atoms with E-state index in [-0.39, 0.29) is 11.8 Å². The van der Waals surface area contributed by atoms with Gasteiger partial charge in [0.2, 0.25) is 5.91 Å². The summed E-state index contributed by atoms with van der Waals surface area (Å²) in [6.07, 6.45) is 4.87. The zero-order valence-electron chi connectivity index (χ0n) is 14.4. The van der Waals surface area contributed by atoms with Crippen LogP contribution in [-0.4, -0.2) is 23.1 Å². The van der Waals surface area contributed by atoms with Gasteiger partial charge in [0.1, 0.15) is 11.5 Å². The van der Waals surface area contributed by atoms with Crippen molar-refractivity contribution in [1.29, 1.82) is 0 Å². The summed E-state index contributed by atoms with van der Waals surface area (Å²) in [7, 11) is 0. The summed E-state index contributed by atoms with van der Waals surface area (Å²) in [5, 5.41) is 13.0. The number of hydrogen-bond acceptors (Lipinski definition) is 4. The van der Waals surface area contributed by atoms with Crippen LogP contribution in [0.2, 0.25) is 0 Å². The van der Waals surface area contributed by atoms with Crippen LogP contribution in [0.3, 0.4) is 0 Å². The fourth-order valence-corrected chi connectivity index (χ4v) is 3.20.